The molecule has 3 aromatic rings. The molecule has 3 atom stereocenters. The van der Waals surface area contributed by atoms with E-state index < -0.39 is 5.41 Å². The zero-order chi connectivity index (χ0) is 27.1. The van der Waals surface area contributed by atoms with Crippen molar-refractivity contribution in [2.24, 2.45) is 11.3 Å². The highest BCUT2D eigenvalue weighted by atomic mass is 16.5. The molecule has 0 radical (unpaired) electrons. The smallest absolute Gasteiger partial charge is 0.314 e. The lowest BCUT2D eigenvalue weighted by atomic mass is 9.94. The Morgan fingerprint density at radius 3 is 2.79 bits per heavy atom. The molecule has 204 valence electrons. The van der Waals surface area contributed by atoms with Crippen LogP contribution in [-0.2, 0) is 33.8 Å². The summed E-state index contributed by atoms with van der Waals surface area (Å²) in [5.41, 5.74) is 7.74. The van der Waals surface area contributed by atoms with Gasteiger partial charge in [0.1, 0.15) is 18.2 Å². The van der Waals surface area contributed by atoms with Gasteiger partial charge in [0.15, 0.2) is 0 Å². The molecule has 1 N–H and O–H groups in total. The lowest BCUT2D eigenvalue weighted by molar-refractivity contribution is -0.148. The van der Waals surface area contributed by atoms with Crippen molar-refractivity contribution < 1.29 is 19.0 Å². The third kappa shape index (κ3) is 4.47. The maximum Gasteiger partial charge on any atom is 0.314 e. The third-order valence-corrected chi connectivity index (χ3v) is 8.83. The second-order valence-corrected chi connectivity index (χ2v) is 11.2. The highest BCUT2D eigenvalue weighted by molar-refractivity contribution is 5.84. The predicted octanol–water partition coefficient (Wildman–Crippen LogP) is 4.60. The van der Waals surface area contributed by atoms with E-state index in [1.54, 1.807) is 7.11 Å². The molecule has 1 aliphatic carbocycles. The molecule has 1 saturated carbocycles. The molecule has 3 heterocycles. The second-order valence-electron chi connectivity index (χ2n) is 11.2. The fraction of sp³-hybridized carbons (Fsp3) is 0.438. The number of nitrogens with one attached hydrogen (secondary N) is 1. The number of carbonyl (C=O) groups excluding carboxylic acids is 1. The Morgan fingerprint density at radius 1 is 1.13 bits per heavy atom. The van der Waals surface area contributed by atoms with E-state index >= 15 is 0 Å². The maximum absolute atomic E-state index is 12.8. The molecule has 2 aromatic carbocycles. The van der Waals surface area contributed by atoms with Crippen LogP contribution in [0.2, 0.25) is 0 Å². The predicted molar refractivity (Wildman–Crippen MR) is 151 cm³/mol. The molecule has 39 heavy (non-hydrogen) atoms. The Balaban J connectivity index is 1.28. The number of aromatic nitrogens is 1. The van der Waals surface area contributed by atoms with Crippen molar-refractivity contribution in [3.8, 4) is 17.0 Å². The van der Waals surface area contributed by atoms with E-state index in [-0.39, 0.29) is 17.9 Å². The van der Waals surface area contributed by atoms with Crippen molar-refractivity contribution in [1.29, 1.82) is 0 Å². The number of methoxy groups -OCH3 is 2. The van der Waals surface area contributed by atoms with Crippen LogP contribution in [0.3, 0.4) is 0 Å². The van der Waals surface area contributed by atoms with Crippen LogP contribution in [0.4, 0.5) is 5.82 Å². The summed E-state index contributed by atoms with van der Waals surface area (Å²) in [4.78, 5) is 20.1. The first kappa shape index (κ1) is 25.8. The van der Waals surface area contributed by atoms with Gasteiger partial charge in [-0.25, -0.2) is 4.98 Å². The number of aryl methyl sites for hydroxylation is 2. The Hall–Kier alpha value is -3.42. The largest absolute Gasteiger partial charge is 0.488 e. The molecule has 0 unspecified atom stereocenters. The molecule has 7 heteroatoms. The number of esters is 1. The van der Waals surface area contributed by atoms with Crippen molar-refractivity contribution >= 4 is 11.8 Å². The van der Waals surface area contributed by atoms with E-state index in [4.69, 9.17) is 19.2 Å². The number of carbonyl (C=O) groups is 1. The molecule has 2 aliphatic heterocycles. The van der Waals surface area contributed by atoms with Crippen LogP contribution in [0.15, 0.2) is 48.5 Å². The average Bonchev–Trinajstić information content (AvgIpc) is 3.60. The van der Waals surface area contributed by atoms with Crippen molar-refractivity contribution in [3.05, 3.63) is 76.3 Å². The van der Waals surface area contributed by atoms with Gasteiger partial charge in [0, 0.05) is 25.8 Å². The molecule has 2 fully saturated rings. The average molecular weight is 528 g/mol. The summed E-state index contributed by atoms with van der Waals surface area (Å²) in [7, 11) is 3.15. The van der Waals surface area contributed by atoms with Gasteiger partial charge in [0.05, 0.1) is 30.9 Å². The zero-order valence-electron chi connectivity index (χ0n) is 23.3. The summed E-state index contributed by atoms with van der Waals surface area (Å²) in [6.45, 7) is 7.95. The first-order valence-corrected chi connectivity index (χ1v) is 13.8. The Morgan fingerprint density at radius 2 is 1.97 bits per heavy atom. The van der Waals surface area contributed by atoms with Crippen molar-refractivity contribution in [3.63, 3.8) is 0 Å². The maximum atomic E-state index is 12.8. The van der Waals surface area contributed by atoms with Gasteiger partial charge in [-0.3, -0.25) is 4.79 Å². The fourth-order valence-electron chi connectivity index (χ4n) is 6.75. The van der Waals surface area contributed by atoms with Crippen LogP contribution in [0.5, 0.6) is 5.75 Å². The second kappa shape index (κ2) is 10.3. The number of benzene rings is 2. The molecule has 0 bridgehead atoms. The number of fused-ring (bicyclic) bond motifs is 2. The van der Waals surface area contributed by atoms with E-state index in [0.717, 1.165) is 60.9 Å². The molecule has 3 aliphatic rings. The number of anilines is 1. The summed E-state index contributed by atoms with van der Waals surface area (Å²) in [6, 6.07) is 16.7. The summed E-state index contributed by atoms with van der Waals surface area (Å²) in [5, 5.41) is 3.47. The minimum absolute atomic E-state index is 0.0987. The Bertz CT molecular complexity index is 1410. The lowest BCUT2D eigenvalue weighted by Crippen LogP contribution is -2.44. The minimum Gasteiger partial charge on any atom is -0.488 e. The zero-order valence-corrected chi connectivity index (χ0v) is 23.3. The van der Waals surface area contributed by atoms with Gasteiger partial charge >= 0.3 is 5.97 Å². The van der Waals surface area contributed by atoms with Crippen molar-refractivity contribution in [1.82, 2.24) is 10.3 Å². The molecule has 7 nitrogen and oxygen atoms in total. The molecular formula is C32H37N3O4. The van der Waals surface area contributed by atoms with Crippen LogP contribution in [-0.4, -0.2) is 50.9 Å². The number of nitrogens with zero attached hydrogens (tertiary/aromatic N) is 2. The van der Waals surface area contributed by atoms with Crippen LogP contribution >= 0.6 is 0 Å². The Labute approximate surface area is 230 Å². The van der Waals surface area contributed by atoms with Crippen molar-refractivity contribution in [2.45, 2.75) is 45.9 Å². The summed E-state index contributed by atoms with van der Waals surface area (Å²) >= 11 is 0. The molecule has 0 spiro atoms. The van der Waals surface area contributed by atoms with E-state index in [1.807, 2.05) is 24.3 Å². The molecular weight excluding hydrogens is 490 g/mol. The van der Waals surface area contributed by atoms with E-state index in [9.17, 15) is 4.79 Å². The number of hydrogen-bond donors (Lipinski definition) is 1. The van der Waals surface area contributed by atoms with Gasteiger partial charge in [-0.15, -0.1) is 0 Å². The quantitative estimate of drug-likeness (QED) is 0.429. The topological polar surface area (TPSA) is 72.9 Å². The van der Waals surface area contributed by atoms with Crippen LogP contribution in [0, 0.1) is 25.2 Å². The SMILES string of the molecule is COC[C@@H]1N(c2cccc(-c3cccc(C)c3OCc3cc(C)c4c(c3)CCNC4)n2)C[C@H]2C[C@]21C(=O)OC. The normalized spacial score (nSPS) is 23.2. The summed E-state index contributed by atoms with van der Waals surface area (Å²) in [5.74, 6) is 1.82. The van der Waals surface area contributed by atoms with Crippen LogP contribution < -0.4 is 15.0 Å². The first-order chi connectivity index (χ1) is 19.0. The number of rotatable bonds is 8. The monoisotopic (exact) mass is 527 g/mol. The summed E-state index contributed by atoms with van der Waals surface area (Å²) < 4.78 is 17.3. The van der Waals surface area contributed by atoms with Gasteiger partial charge in [-0.1, -0.05) is 30.3 Å². The number of piperidine rings is 1. The summed E-state index contributed by atoms with van der Waals surface area (Å²) in [6.07, 6.45) is 1.90. The molecule has 0 amide bonds. The van der Waals surface area contributed by atoms with Gasteiger partial charge < -0.3 is 24.4 Å². The van der Waals surface area contributed by atoms with E-state index in [1.165, 1.54) is 29.4 Å². The minimum atomic E-state index is -0.497. The van der Waals surface area contributed by atoms with E-state index in [2.05, 4.69) is 48.3 Å². The molecule has 1 aromatic heterocycles. The highest BCUT2D eigenvalue weighted by Gasteiger charge is 2.71. The van der Waals surface area contributed by atoms with Gasteiger partial charge in [0.2, 0.25) is 0 Å². The molecule has 1 saturated heterocycles. The molecule has 6 rings (SSSR count). The van der Waals surface area contributed by atoms with Crippen LogP contribution in [0.25, 0.3) is 11.3 Å². The standard InChI is InChI=1S/C32H37N3O4/c1-20-7-5-8-25(30(20)39-18-22-13-21(2)26-16-33-12-11-23(26)14-22)27-9-6-10-29(34-27)35-17-24-15-32(24,31(36)38-4)28(35)19-37-3/h5-10,13-14,24,28,33H,11-12,15-19H2,1-4H3/t24-,28+,32+/m1/s1. The van der Waals surface area contributed by atoms with Gasteiger partial charge in [0.25, 0.3) is 0 Å². The number of para-hydroxylation sites is 1. The number of hydrogen-bond acceptors (Lipinski definition) is 7. The fourth-order valence-corrected chi connectivity index (χ4v) is 6.75. The Kier molecular flexibility index (Phi) is 6.81. The number of pyridine rings is 1. The lowest BCUT2D eigenvalue weighted by Gasteiger charge is -2.31. The van der Waals surface area contributed by atoms with Crippen molar-refractivity contribution in [2.75, 3.05) is 38.8 Å². The van der Waals surface area contributed by atoms with E-state index in [0.29, 0.717) is 13.2 Å². The van der Waals surface area contributed by atoms with Gasteiger partial charge in [-0.2, -0.15) is 0 Å². The number of ether oxygens (including phenoxy) is 3. The third-order valence-electron chi connectivity index (χ3n) is 8.83. The first-order valence-electron chi connectivity index (χ1n) is 13.8. The van der Waals surface area contributed by atoms with Gasteiger partial charge in [-0.05, 0) is 85.2 Å². The highest BCUT2D eigenvalue weighted by Crippen LogP contribution is 2.62. The van der Waals surface area contributed by atoms with Crippen LogP contribution in [0.1, 0.15) is 34.2 Å².